The Labute approximate surface area is 74.8 Å². The predicted molar refractivity (Wildman–Crippen MR) is 52.1 cm³/mol. The van der Waals surface area contributed by atoms with Gasteiger partial charge in [0.1, 0.15) is 0 Å². The number of hydrogen-bond donors (Lipinski definition) is 1. The summed E-state index contributed by atoms with van der Waals surface area (Å²) in [7, 11) is 0. The smallest absolute Gasteiger partial charge is 0.0871 e. The van der Waals surface area contributed by atoms with E-state index in [0.717, 1.165) is 0 Å². The summed E-state index contributed by atoms with van der Waals surface area (Å²) in [5.74, 6) is 0. The molecule has 0 aliphatic carbocycles. The van der Waals surface area contributed by atoms with Crippen molar-refractivity contribution in [3.8, 4) is 0 Å². The fraction of sp³-hybridized carbons (Fsp3) is 0.455. The first kappa shape index (κ1) is 9.27. The second-order valence-corrected chi connectivity index (χ2v) is 3.31. The van der Waals surface area contributed by atoms with Crippen LogP contribution in [0.1, 0.15) is 19.4 Å². The molecule has 0 heterocycles. The lowest BCUT2D eigenvalue weighted by atomic mass is 10.1. The lowest BCUT2D eigenvalue weighted by Gasteiger charge is -2.08. The van der Waals surface area contributed by atoms with Crippen LogP contribution in [0.25, 0.3) is 0 Å². The predicted octanol–water partition coefficient (Wildman–Crippen LogP) is 1.20. The van der Waals surface area contributed by atoms with Gasteiger partial charge in [0.25, 0.3) is 0 Å². The van der Waals surface area contributed by atoms with E-state index >= 15 is 0 Å². The van der Waals surface area contributed by atoms with Crippen molar-refractivity contribution in [2.75, 3.05) is 6.54 Å². The van der Waals surface area contributed by atoms with Crippen LogP contribution < -0.4 is 5.32 Å². The van der Waals surface area contributed by atoms with E-state index in [4.69, 9.17) is 0 Å². The Kier molecular flexibility index (Phi) is 3.81. The van der Waals surface area contributed by atoms with Crippen LogP contribution in [0.3, 0.4) is 0 Å². The second kappa shape index (κ2) is 4.94. The summed E-state index contributed by atoms with van der Waals surface area (Å²) < 4.78 is 0. The zero-order valence-corrected chi connectivity index (χ0v) is 7.96. The van der Waals surface area contributed by atoms with Gasteiger partial charge in [0.15, 0.2) is 0 Å². The zero-order chi connectivity index (χ0) is 8.81. The summed E-state index contributed by atoms with van der Waals surface area (Å²) in [5.41, 5.74) is 1.44. The Morgan fingerprint density at radius 1 is 1.25 bits per heavy atom. The molecule has 0 unspecified atom stereocenters. The van der Waals surface area contributed by atoms with E-state index in [-0.39, 0.29) is 0 Å². The monoisotopic (exact) mass is 164 g/mol. The molecule has 0 radical (unpaired) electrons. The summed E-state index contributed by atoms with van der Waals surface area (Å²) in [4.78, 5) is 0. The minimum atomic E-state index is 0.706. The van der Waals surface area contributed by atoms with Crippen LogP contribution in [0.4, 0.5) is 0 Å². The number of rotatable bonds is 4. The third kappa shape index (κ3) is 3.05. The summed E-state index contributed by atoms with van der Waals surface area (Å²) in [6.45, 7) is 5.64. The van der Waals surface area contributed by atoms with Crippen LogP contribution in [0.5, 0.6) is 0 Å². The molecule has 1 rings (SSSR count). The van der Waals surface area contributed by atoms with Crippen molar-refractivity contribution in [1.82, 2.24) is 0 Å². The fourth-order valence-electron chi connectivity index (χ4n) is 1.47. The molecule has 66 valence electrons. The van der Waals surface area contributed by atoms with Crippen molar-refractivity contribution in [1.29, 1.82) is 0 Å². The average Bonchev–Trinajstić information content (AvgIpc) is 2.06. The van der Waals surface area contributed by atoms with Crippen LogP contribution in [0, 0.1) is 0 Å². The van der Waals surface area contributed by atoms with Crippen molar-refractivity contribution >= 4 is 0 Å². The maximum absolute atomic E-state index is 2.37. The minimum Gasteiger partial charge on any atom is -0.344 e. The number of quaternary nitrogens is 1. The third-order valence-electron chi connectivity index (χ3n) is 2.04. The number of hydrogen-bond acceptors (Lipinski definition) is 0. The van der Waals surface area contributed by atoms with Crippen LogP contribution >= 0.6 is 0 Å². The van der Waals surface area contributed by atoms with E-state index in [0.29, 0.717) is 6.04 Å². The van der Waals surface area contributed by atoms with Gasteiger partial charge in [-0.3, -0.25) is 0 Å². The second-order valence-electron chi connectivity index (χ2n) is 3.31. The highest BCUT2D eigenvalue weighted by Crippen LogP contribution is 2.00. The summed E-state index contributed by atoms with van der Waals surface area (Å²) in [6.07, 6.45) is 1.18. The van der Waals surface area contributed by atoms with Crippen LogP contribution in [-0.4, -0.2) is 12.6 Å². The molecule has 0 saturated heterocycles. The highest BCUT2D eigenvalue weighted by molar-refractivity contribution is 5.15. The largest absolute Gasteiger partial charge is 0.344 e. The van der Waals surface area contributed by atoms with E-state index in [1.807, 2.05) is 0 Å². The number of benzene rings is 1. The van der Waals surface area contributed by atoms with E-state index in [9.17, 15) is 0 Å². The first-order valence-corrected chi connectivity index (χ1v) is 4.70. The van der Waals surface area contributed by atoms with Gasteiger partial charge in [0.05, 0.1) is 12.6 Å². The Morgan fingerprint density at radius 2 is 1.92 bits per heavy atom. The highest BCUT2D eigenvalue weighted by Gasteiger charge is 2.03. The third-order valence-corrected chi connectivity index (χ3v) is 2.04. The maximum Gasteiger partial charge on any atom is 0.0871 e. The molecule has 1 aromatic rings. The molecule has 0 amide bonds. The van der Waals surface area contributed by atoms with E-state index in [1.165, 1.54) is 18.5 Å². The quantitative estimate of drug-likeness (QED) is 0.688. The number of nitrogens with two attached hydrogens (primary N) is 1. The normalized spacial score (nSPS) is 12.8. The topological polar surface area (TPSA) is 16.6 Å². The fourth-order valence-corrected chi connectivity index (χ4v) is 1.47. The van der Waals surface area contributed by atoms with Gasteiger partial charge in [-0.15, -0.1) is 0 Å². The molecular formula is C11H18N+. The van der Waals surface area contributed by atoms with Gasteiger partial charge in [-0.1, -0.05) is 30.3 Å². The Bertz CT molecular complexity index is 206. The lowest BCUT2D eigenvalue weighted by Crippen LogP contribution is -2.89. The molecule has 2 N–H and O–H groups in total. The SMILES string of the molecule is CC[NH2+][C@@H](C)Cc1ccccc1. The molecule has 0 aromatic heterocycles. The summed E-state index contributed by atoms with van der Waals surface area (Å²) >= 11 is 0. The Balaban J connectivity index is 2.41. The van der Waals surface area contributed by atoms with E-state index < -0.39 is 0 Å². The molecule has 0 fully saturated rings. The maximum atomic E-state index is 2.37. The van der Waals surface area contributed by atoms with Gasteiger partial charge in [0, 0.05) is 6.42 Å². The molecule has 1 atom stereocenters. The average molecular weight is 164 g/mol. The Morgan fingerprint density at radius 3 is 2.50 bits per heavy atom. The molecular weight excluding hydrogens is 146 g/mol. The minimum absolute atomic E-state index is 0.706. The first-order valence-electron chi connectivity index (χ1n) is 4.70. The van der Waals surface area contributed by atoms with Crippen LogP contribution in [0.15, 0.2) is 30.3 Å². The van der Waals surface area contributed by atoms with Crippen molar-refractivity contribution in [2.24, 2.45) is 0 Å². The molecule has 1 aromatic carbocycles. The van der Waals surface area contributed by atoms with Crippen molar-refractivity contribution in [3.05, 3.63) is 35.9 Å². The lowest BCUT2D eigenvalue weighted by molar-refractivity contribution is -0.682. The van der Waals surface area contributed by atoms with E-state index in [2.05, 4.69) is 49.5 Å². The molecule has 0 saturated carbocycles. The molecule has 12 heavy (non-hydrogen) atoms. The van der Waals surface area contributed by atoms with Gasteiger partial charge in [0.2, 0.25) is 0 Å². The summed E-state index contributed by atoms with van der Waals surface area (Å²) in [5, 5.41) is 2.37. The van der Waals surface area contributed by atoms with Crippen molar-refractivity contribution in [2.45, 2.75) is 26.3 Å². The highest BCUT2D eigenvalue weighted by atomic mass is 14.9. The van der Waals surface area contributed by atoms with Crippen LogP contribution in [0.2, 0.25) is 0 Å². The summed E-state index contributed by atoms with van der Waals surface area (Å²) in [6, 6.07) is 11.4. The van der Waals surface area contributed by atoms with Crippen molar-refractivity contribution in [3.63, 3.8) is 0 Å². The molecule has 1 heteroatoms. The standard InChI is InChI=1S/C11H17N/c1-3-12-10(2)9-11-7-5-4-6-8-11/h4-8,10,12H,3,9H2,1-2H3/p+1/t10-/m0/s1. The molecule has 0 aliphatic heterocycles. The van der Waals surface area contributed by atoms with Gasteiger partial charge in [-0.05, 0) is 19.4 Å². The van der Waals surface area contributed by atoms with E-state index in [1.54, 1.807) is 0 Å². The molecule has 1 nitrogen and oxygen atoms in total. The van der Waals surface area contributed by atoms with Gasteiger partial charge < -0.3 is 5.32 Å². The molecule has 0 bridgehead atoms. The molecule has 0 spiro atoms. The first-order chi connectivity index (χ1) is 5.83. The molecule has 0 aliphatic rings. The van der Waals surface area contributed by atoms with Gasteiger partial charge in [-0.25, -0.2) is 0 Å². The van der Waals surface area contributed by atoms with Gasteiger partial charge in [-0.2, -0.15) is 0 Å². The zero-order valence-electron chi connectivity index (χ0n) is 7.96. The van der Waals surface area contributed by atoms with Crippen molar-refractivity contribution < 1.29 is 5.32 Å². The Hall–Kier alpha value is -0.820. The number of likely N-dealkylation sites (N-methyl/N-ethyl adjacent to an activating group) is 1. The van der Waals surface area contributed by atoms with Crippen LogP contribution in [-0.2, 0) is 6.42 Å². The van der Waals surface area contributed by atoms with Gasteiger partial charge >= 0.3 is 0 Å².